The first-order valence-electron chi connectivity index (χ1n) is 6.64. The molecular formula is C15H19BrN2O2. The second-order valence-electron chi connectivity index (χ2n) is 5.02. The molecule has 4 nitrogen and oxygen atoms in total. The van der Waals surface area contributed by atoms with E-state index in [1.165, 1.54) is 0 Å². The van der Waals surface area contributed by atoms with Crippen molar-refractivity contribution in [2.75, 3.05) is 6.54 Å². The molecule has 108 valence electrons. The van der Waals surface area contributed by atoms with Crippen molar-refractivity contribution in [3.8, 4) is 5.75 Å². The number of hydrogen-bond donors (Lipinski definition) is 1. The molecule has 0 radical (unpaired) electrons. The number of ether oxygens (including phenoxy) is 1. The molecule has 2 rings (SSSR count). The number of furan rings is 1. The van der Waals surface area contributed by atoms with Gasteiger partial charge in [0.15, 0.2) is 0 Å². The third kappa shape index (κ3) is 4.65. The molecule has 0 unspecified atom stereocenters. The predicted molar refractivity (Wildman–Crippen MR) is 81.5 cm³/mol. The van der Waals surface area contributed by atoms with Crippen molar-refractivity contribution in [1.82, 2.24) is 10.3 Å². The van der Waals surface area contributed by atoms with Gasteiger partial charge in [-0.25, -0.2) is 0 Å². The van der Waals surface area contributed by atoms with Gasteiger partial charge < -0.3 is 14.5 Å². The van der Waals surface area contributed by atoms with Crippen molar-refractivity contribution < 1.29 is 9.15 Å². The molecule has 0 bridgehead atoms. The molecule has 0 aromatic carbocycles. The quantitative estimate of drug-likeness (QED) is 0.834. The molecule has 0 saturated heterocycles. The van der Waals surface area contributed by atoms with Crippen molar-refractivity contribution in [1.29, 1.82) is 0 Å². The summed E-state index contributed by atoms with van der Waals surface area (Å²) in [5.41, 5.74) is 1.06. The van der Waals surface area contributed by atoms with Crippen molar-refractivity contribution in [2.24, 2.45) is 5.92 Å². The summed E-state index contributed by atoms with van der Waals surface area (Å²) in [5, 5.41) is 3.37. The van der Waals surface area contributed by atoms with Crippen LogP contribution in [0, 0.1) is 5.92 Å². The van der Waals surface area contributed by atoms with E-state index in [2.05, 4.69) is 40.1 Å². The minimum absolute atomic E-state index is 0.479. The molecule has 0 aliphatic heterocycles. The number of hydrogen-bond acceptors (Lipinski definition) is 4. The maximum absolute atomic E-state index is 5.72. The smallest absolute Gasteiger partial charge is 0.139 e. The first-order chi connectivity index (χ1) is 9.65. The third-order valence-corrected chi connectivity index (χ3v) is 3.18. The van der Waals surface area contributed by atoms with Gasteiger partial charge in [-0.15, -0.1) is 0 Å². The van der Waals surface area contributed by atoms with E-state index >= 15 is 0 Å². The van der Waals surface area contributed by atoms with Gasteiger partial charge in [0.25, 0.3) is 0 Å². The zero-order valence-corrected chi connectivity index (χ0v) is 13.3. The molecule has 2 aromatic rings. The second-order valence-corrected chi connectivity index (χ2v) is 5.94. The molecule has 0 aliphatic rings. The normalized spacial score (nSPS) is 11.0. The largest absolute Gasteiger partial charge is 0.487 e. The highest BCUT2D eigenvalue weighted by atomic mass is 79.9. The zero-order valence-electron chi connectivity index (χ0n) is 11.7. The van der Waals surface area contributed by atoms with Crippen LogP contribution in [-0.4, -0.2) is 11.5 Å². The lowest BCUT2D eigenvalue weighted by atomic mass is 10.2. The minimum atomic E-state index is 0.479. The molecule has 0 amide bonds. The van der Waals surface area contributed by atoms with E-state index in [1.54, 1.807) is 18.7 Å². The Kier molecular flexibility index (Phi) is 5.61. The van der Waals surface area contributed by atoms with Gasteiger partial charge in [0.05, 0.1) is 19.0 Å². The van der Waals surface area contributed by atoms with Crippen LogP contribution >= 0.6 is 15.9 Å². The average Bonchev–Trinajstić information content (AvgIpc) is 2.84. The first kappa shape index (κ1) is 15.1. The van der Waals surface area contributed by atoms with Gasteiger partial charge in [-0.3, -0.25) is 4.98 Å². The van der Waals surface area contributed by atoms with Crippen LogP contribution in [0.4, 0.5) is 0 Å². The Morgan fingerprint density at radius 3 is 3.00 bits per heavy atom. The van der Waals surface area contributed by atoms with Crippen LogP contribution in [0.5, 0.6) is 5.75 Å². The lowest BCUT2D eigenvalue weighted by molar-refractivity contribution is 0.299. The van der Waals surface area contributed by atoms with Crippen molar-refractivity contribution in [3.05, 3.63) is 46.6 Å². The number of aromatic nitrogens is 1. The number of pyridine rings is 1. The van der Waals surface area contributed by atoms with Crippen LogP contribution < -0.4 is 10.1 Å². The Labute approximate surface area is 127 Å². The molecule has 0 saturated carbocycles. The summed E-state index contributed by atoms with van der Waals surface area (Å²) in [6, 6.07) is 3.83. The lowest BCUT2D eigenvalue weighted by Crippen LogP contribution is -2.19. The maximum Gasteiger partial charge on any atom is 0.139 e. The molecule has 0 spiro atoms. The average molecular weight is 339 g/mol. The monoisotopic (exact) mass is 338 g/mol. The Morgan fingerprint density at radius 1 is 1.40 bits per heavy atom. The fourth-order valence-electron chi connectivity index (χ4n) is 1.76. The van der Waals surface area contributed by atoms with E-state index < -0.39 is 0 Å². The molecule has 20 heavy (non-hydrogen) atoms. The van der Waals surface area contributed by atoms with E-state index in [0.29, 0.717) is 12.5 Å². The highest BCUT2D eigenvalue weighted by Gasteiger charge is 2.07. The molecule has 2 aromatic heterocycles. The van der Waals surface area contributed by atoms with Crippen LogP contribution in [0.15, 0.2) is 39.7 Å². The highest BCUT2D eigenvalue weighted by Crippen LogP contribution is 2.18. The van der Waals surface area contributed by atoms with Crippen LogP contribution in [0.1, 0.15) is 25.2 Å². The summed E-state index contributed by atoms with van der Waals surface area (Å²) in [7, 11) is 0. The Morgan fingerprint density at radius 2 is 2.25 bits per heavy atom. The summed E-state index contributed by atoms with van der Waals surface area (Å²) < 4.78 is 12.1. The van der Waals surface area contributed by atoms with Crippen LogP contribution in [-0.2, 0) is 13.2 Å². The summed E-state index contributed by atoms with van der Waals surface area (Å²) >= 11 is 3.37. The first-order valence-corrected chi connectivity index (χ1v) is 7.43. The van der Waals surface area contributed by atoms with Gasteiger partial charge in [0.2, 0.25) is 0 Å². The molecular weight excluding hydrogens is 320 g/mol. The fourth-order valence-corrected chi connectivity index (χ4v) is 2.10. The highest BCUT2D eigenvalue weighted by molar-refractivity contribution is 9.10. The predicted octanol–water partition coefficient (Wildman–Crippen LogP) is 3.76. The Balaban J connectivity index is 1.88. The van der Waals surface area contributed by atoms with Gasteiger partial charge in [-0.2, -0.15) is 0 Å². The second kappa shape index (κ2) is 7.45. The van der Waals surface area contributed by atoms with Gasteiger partial charge in [-0.1, -0.05) is 13.8 Å². The molecule has 0 fully saturated rings. The van der Waals surface area contributed by atoms with Gasteiger partial charge >= 0.3 is 0 Å². The topological polar surface area (TPSA) is 47.3 Å². The van der Waals surface area contributed by atoms with Crippen molar-refractivity contribution >= 4 is 15.9 Å². The van der Waals surface area contributed by atoms with E-state index in [4.69, 9.17) is 9.15 Å². The molecule has 1 N–H and O–H groups in total. The van der Waals surface area contributed by atoms with Gasteiger partial charge in [-0.05, 0) is 40.5 Å². The number of halogens is 1. The lowest BCUT2D eigenvalue weighted by Gasteiger charge is -2.08. The molecule has 2 heterocycles. The molecule has 5 heteroatoms. The number of nitrogens with zero attached hydrogens (tertiary/aromatic N) is 1. The van der Waals surface area contributed by atoms with Gasteiger partial charge in [0, 0.05) is 16.2 Å². The SMILES string of the molecule is CC(C)CNCc1occc1COc1cncc(Br)c1. The summed E-state index contributed by atoms with van der Waals surface area (Å²) in [6.07, 6.45) is 5.12. The van der Waals surface area contributed by atoms with E-state index in [9.17, 15) is 0 Å². The maximum atomic E-state index is 5.72. The Hall–Kier alpha value is -1.33. The van der Waals surface area contributed by atoms with Gasteiger partial charge in [0.1, 0.15) is 18.1 Å². The third-order valence-electron chi connectivity index (χ3n) is 2.75. The Bertz CT molecular complexity index is 540. The summed E-state index contributed by atoms with van der Waals surface area (Å²) in [6.45, 7) is 6.53. The van der Waals surface area contributed by atoms with E-state index in [-0.39, 0.29) is 0 Å². The summed E-state index contributed by atoms with van der Waals surface area (Å²) in [5.74, 6) is 2.28. The number of nitrogens with one attached hydrogen (secondary N) is 1. The van der Waals surface area contributed by atoms with Crippen molar-refractivity contribution in [3.63, 3.8) is 0 Å². The standard InChI is InChI=1S/C15H19BrN2O2/c1-11(2)6-17-9-15-12(3-4-19-15)10-20-14-5-13(16)7-18-8-14/h3-5,7-8,11,17H,6,9-10H2,1-2H3. The van der Waals surface area contributed by atoms with E-state index in [1.807, 2.05) is 12.1 Å². The molecule has 0 aliphatic carbocycles. The summed E-state index contributed by atoms with van der Waals surface area (Å²) in [4.78, 5) is 4.07. The van der Waals surface area contributed by atoms with Crippen LogP contribution in [0.25, 0.3) is 0 Å². The zero-order chi connectivity index (χ0) is 14.4. The van der Waals surface area contributed by atoms with Crippen LogP contribution in [0.2, 0.25) is 0 Å². The van der Waals surface area contributed by atoms with E-state index in [0.717, 1.165) is 34.6 Å². The van der Waals surface area contributed by atoms with Crippen LogP contribution in [0.3, 0.4) is 0 Å². The minimum Gasteiger partial charge on any atom is -0.487 e. The molecule has 0 atom stereocenters. The van der Waals surface area contributed by atoms with Crippen molar-refractivity contribution in [2.45, 2.75) is 27.0 Å². The number of rotatable bonds is 7. The fraction of sp³-hybridized carbons (Fsp3) is 0.400.